The number of aromatic nitrogens is 2. The number of nitrogens with one attached hydrogen (secondary N) is 1. The lowest BCUT2D eigenvalue weighted by Gasteiger charge is -2.12. The van der Waals surface area contributed by atoms with E-state index in [1.807, 2.05) is 12.4 Å². The van der Waals surface area contributed by atoms with E-state index in [-0.39, 0.29) is 0 Å². The second-order valence-electron chi connectivity index (χ2n) is 3.61. The van der Waals surface area contributed by atoms with Crippen molar-refractivity contribution in [1.82, 2.24) is 9.97 Å². The first-order valence-corrected chi connectivity index (χ1v) is 7.01. The fourth-order valence-electron chi connectivity index (χ4n) is 1.42. The van der Waals surface area contributed by atoms with Crippen LogP contribution in [0.1, 0.15) is 12.5 Å². The van der Waals surface area contributed by atoms with Crippen LogP contribution in [-0.2, 0) is 6.42 Å². The molecule has 0 saturated carbocycles. The fourth-order valence-corrected chi connectivity index (χ4v) is 2.38. The van der Waals surface area contributed by atoms with Gasteiger partial charge in [-0.3, -0.25) is 0 Å². The Labute approximate surface area is 112 Å². The van der Waals surface area contributed by atoms with Crippen LogP contribution in [0.25, 0.3) is 0 Å². The molecule has 1 atom stereocenters. The molecule has 2 rings (SSSR count). The third-order valence-corrected chi connectivity index (χ3v) is 3.41. The summed E-state index contributed by atoms with van der Waals surface area (Å²) in [6.45, 7) is 2.14. The van der Waals surface area contributed by atoms with Crippen molar-refractivity contribution in [2.45, 2.75) is 19.4 Å². The molecule has 2 aromatic rings. The molecular weight excluding hydrogens is 333 g/mol. The van der Waals surface area contributed by atoms with Gasteiger partial charge in [0, 0.05) is 22.0 Å². The van der Waals surface area contributed by atoms with Crippen LogP contribution in [0.2, 0.25) is 0 Å². The van der Waals surface area contributed by atoms with Gasteiger partial charge in [0.15, 0.2) is 0 Å². The summed E-state index contributed by atoms with van der Waals surface area (Å²) in [5.74, 6) is 0.697. The van der Waals surface area contributed by atoms with Crippen LogP contribution >= 0.6 is 33.9 Å². The molecule has 1 unspecified atom stereocenters. The van der Waals surface area contributed by atoms with Gasteiger partial charge < -0.3 is 5.32 Å². The zero-order valence-electron chi connectivity index (χ0n) is 8.85. The molecule has 84 valence electrons. The van der Waals surface area contributed by atoms with Crippen molar-refractivity contribution < 1.29 is 0 Å². The Kier molecular flexibility index (Phi) is 4.11. The van der Waals surface area contributed by atoms with Gasteiger partial charge in [-0.05, 0) is 58.3 Å². The maximum absolute atomic E-state index is 4.22. The summed E-state index contributed by atoms with van der Waals surface area (Å²) < 4.78 is 1.05. The number of halogens is 1. The van der Waals surface area contributed by atoms with E-state index in [1.165, 1.54) is 5.56 Å². The molecule has 0 radical (unpaired) electrons. The van der Waals surface area contributed by atoms with Crippen molar-refractivity contribution >= 4 is 39.9 Å². The van der Waals surface area contributed by atoms with Crippen LogP contribution in [0.15, 0.2) is 29.2 Å². The van der Waals surface area contributed by atoms with E-state index in [4.69, 9.17) is 0 Å². The second-order valence-corrected chi connectivity index (χ2v) is 5.63. The first-order chi connectivity index (χ1) is 7.74. The normalized spacial score (nSPS) is 12.4. The van der Waals surface area contributed by atoms with E-state index in [1.54, 1.807) is 11.3 Å². The molecule has 0 aliphatic carbocycles. The fraction of sp³-hybridized carbons (Fsp3) is 0.273. The molecule has 0 aromatic carbocycles. The zero-order chi connectivity index (χ0) is 11.4. The van der Waals surface area contributed by atoms with Crippen LogP contribution in [0.5, 0.6) is 0 Å². The number of hydrogen-bond donors (Lipinski definition) is 1. The number of thiophene rings is 1. The highest BCUT2D eigenvalue weighted by atomic mass is 127. The summed E-state index contributed by atoms with van der Waals surface area (Å²) >= 11 is 3.93. The van der Waals surface area contributed by atoms with Crippen LogP contribution < -0.4 is 5.32 Å². The van der Waals surface area contributed by atoms with Gasteiger partial charge in [0.1, 0.15) is 0 Å². The van der Waals surface area contributed by atoms with Gasteiger partial charge in [-0.15, -0.1) is 0 Å². The van der Waals surface area contributed by atoms with E-state index in [2.05, 4.69) is 61.6 Å². The van der Waals surface area contributed by atoms with E-state index < -0.39 is 0 Å². The molecule has 1 N–H and O–H groups in total. The molecule has 0 aliphatic heterocycles. The van der Waals surface area contributed by atoms with Crippen LogP contribution in [-0.4, -0.2) is 16.0 Å². The van der Waals surface area contributed by atoms with Crippen molar-refractivity contribution in [2.75, 3.05) is 5.32 Å². The highest BCUT2D eigenvalue weighted by Gasteiger charge is 2.05. The Morgan fingerprint density at radius 3 is 2.81 bits per heavy atom. The Hall–Kier alpha value is -0.690. The third-order valence-electron chi connectivity index (χ3n) is 2.12. The Balaban J connectivity index is 1.92. The zero-order valence-corrected chi connectivity index (χ0v) is 11.8. The Bertz CT molecular complexity index is 427. The Morgan fingerprint density at radius 1 is 1.44 bits per heavy atom. The van der Waals surface area contributed by atoms with Crippen molar-refractivity contribution in [3.05, 3.63) is 38.4 Å². The quantitative estimate of drug-likeness (QED) is 0.865. The molecular formula is C11H12IN3S. The molecule has 0 spiro atoms. The van der Waals surface area contributed by atoms with Crippen LogP contribution in [0, 0.1) is 3.57 Å². The summed E-state index contributed by atoms with van der Waals surface area (Å²) in [6, 6.07) is 2.49. The lowest BCUT2D eigenvalue weighted by molar-refractivity contribution is 0.779. The first kappa shape index (κ1) is 11.8. The molecule has 2 aromatic heterocycles. The number of hydrogen-bond acceptors (Lipinski definition) is 4. The maximum atomic E-state index is 4.22. The molecule has 0 aliphatic rings. The van der Waals surface area contributed by atoms with Crippen molar-refractivity contribution in [1.29, 1.82) is 0 Å². The lowest BCUT2D eigenvalue weighted by atomic mass is 10.1. The molecule has 16 heavy (non-hydrogen) atoms. The maximum Gasteiger partial charge on any atom is 0.222 e. The molecule has 3 nitrogen and oxygen atoms in total. The standard InChI is InChI=1S/C11H12IN3S/c1-8(4-9-2-3-16-7-9)15-11-13-5-10(12)6-14-11/h2-3,5-8H,4H2,1H3,(H,13,14,15). The van der Waals surface area contributed by atoms with Gasteiger partial charge in [-0.2, -0.15) is 11.3 Å². The minimum Gasteiger partial charge on any atom is -0.351 e. The van der Waals surface area contributed by atoms with E-state index in [0.717, 1.165) is 9.99 Å². The number of rotatable bonds is 4. The molecule has 0 saturated heterocycles. The second kappa shape index (κ2) is 5.58. The average molecular weight is 345 g/mol. The molecule has 0 bridgehead atoms. The van der Waals surface area contributed by atoms with Gasteiger partial charge in [0.25, 0.3) is 0 Å². The van der Waals surface area contributed by atoms with Gasteiger partial charge in [0.05, 0.1) is 0 Å². The average Bonchev–Trinajstić information content (AvgIpc) is 2.74. The lowest BCUT2D eigenvalue weighted by Crippen LogP contribution is -2.19. The third kappa shape index (κ3) is 3.41. The highest BCUT2D eigenvalue weighted by molar-refractivity contribution is 14.1. The number of nitrogens with zero attached hydrogens (tertiary/aromatic N) is 2. The molecule has 2 heterocycles. The van der Waals surface area contributed by atoms with E-state index >= 15 is 0 Å². The van der Waals surface area contributed by atoms with E-state index in [0.29, 0.717) is 12.0 Å². The first-order valence-electron chi connectivity index (χ1n) is 4.99. The highest BCUT2D eigenvalue weighted by Crippen LogP contribution is 2.11. The summed E-state index contributed by atoms with van der Waals surface area (Å²) in [6.07, 6.45) is 4.62. The largest absolute Gasteiger partial charge is 0.351 e. The molecule has 0 fully saturated rings. The summed E-state index contributed by atoms with van der Waals surface area (Å²) in [5, 5.41) is 7.56. The van der Waals surface area contributed by atoms with Gasteiger partial charge >= 0.3 is 0 Å². The van der Waals surface area contributed by atoms with Gasteiger partial charge in [-0.1, -0.05) is 0 Å². The number of anilines is 1. The van der Waals surface area contributed by atoms with Gasteiger partial charge in [0.2, 0.25) is 5.95 Å². The predicted octanol–water partition coefficient (Wildman–Crippen LogP) is 3.19. The summed E-state index contributed by atoms with van der Waals surface area (Å²) in [5.41, 5.74) is 1.36. The minimum atomic E-state index is 0.342. The predicted molar refractivity (Wildman–Crippen MR) is 75.9 cm³/mol. The SMILES string of the molecule is CC(Cc1ccsc1)Nc1ncc(I)cn1. The summed E-state index contributed by atoms with van der Waals surface area (Å²) in [4.78, 5) is 8.44. The van der Waals surface area contributed by atoms with Gasteiger partial charge in [-0.25, -0.2) is 9.97 Å². The molecule has 0 amide bonds. The Morgan fingerprint density at radius 2 is 2.19 bits per heavy atom. The summed E-state index contributed by atoms with van der Waals surface area (Å²) in [7, 11) is 0. The molecule has 5 heteroatoms. The van der Waals surface area contributed by atoms with Crippen LogP contribution in [0.3, 0.4) is 0 Å². The minimum absolute atomic E-state index is 0.342. The monoisotopic (exact) mass is 345 g/mol. The van der Waals surface area contributed by atoms with Crippen molar-refractivity contribution in [3.8, 4) is 0 Å². The van der Waals surface area contributed by atoms with Crippen LogP contribution in [0.4, 0.5) is 5.95 Å². The van der Waals surface area contributed by atoms with Crippen molar-refractivity contribution in [3.63, 3.8) is 0 Å². The van der Waals surface area contributed by atoms with E-state index in [9.17, 15) is 0 Å². The smallest absolute Gasteiger partial charge is 0.222 e. The van der Waals surface area contributed by atoms with Crippen molar-refractivity contribution in [2.24, 2.45) is 0 Å². The topological polar surface area (TPSA) is 37.8 Å².